The van der Waals surface area contributed by atoms with Crippen LogP contribution in [-0.4, -0.2) is 9.78 Å². The van der Waals surface area contributed by atoms with Crippen LogP contribution in [0.4, 0.5) is 4.39 Å². The normalized spacial score (nSPS) is 12.9. The van der Waals surface area contributed by atoms with Crippen molar-refractivity contribution >= 4 is 5.70 Å². The number of aromatic nitrogens is 2. The predicted molar refractivity (Wildman–Crippen MR) is 65.6 cm³/mol. The van der Waals surface area contributed by atoms with Crippen LogP contribution in [0.1, 0.15) is 11.3 Å². The molecule has 3 rings (SSSR count). The standard InChI is InChI=1S/C13H10FN3O/c1-8-13(18)2-3-17(16-8)11-5-9(12-7-15-12)4-10(14)6-11/h2-7,15H,1H3. The van der Waals surface area contributed by atoms with Crippen LogP contribution < -0.4 is 10.7 Å². The van der Waals surface area contributed by atoms with Gasteiger partial charge in [-0.3, -0.25) is 4.79 Å². The summed E-state index contributed by atoms with van der Waals surface area (Å²) in [6.07, 6.45) is 3.32. The topological polar surface area (TPSA) is 56.8 Å². The summed E-state index contributed by atoms with van der Waals surface area (Å²) in [6, 6.07) is 6.06. The van der Waals surface area contributed by atoms with Crippen LogP contribution >= 0.6 is 0 Å². The fourth-order valence-corrected chi connectivity index (χ4v) is 1.71. The SMILES string of the molecule is Cc1nn(-c2cc(F)cc(C3=CN3)c2)ccc1=O. The highest BCUT2D eigenvalue weighted by Crippen LogP contribution is 2.22. The van der Waals surface area contributed by atoms with Crippen molar-refractivity contribution in [3.05, 3.63) is 64.0 Å². The molecule has 0 amide bonds. The Morgan fingerprint density at radius 3 is 2.78 bits per heavy atom. The third-order valence-electron chi connectivity index (χ3n) is 2.73. The van der Waals surface area contributed by atoms with Gasteiger partial charge in [-0.2, -0.15) is 5.10 Å². The quantitative estimate of drug-likeness (QED) is 0.871. The molecule has 1 N–H and O–H groups in total. The van der Waals surface area contributed by atoms with Gasteiger partial charge in [0.1, 0.15) is 11.5 Å². The van der Waals surface area contributed by atoms with Crippen molar-refractivity contribution in [2.24, 2.45) is 0 Å². The van der Waals surface area contributed by atoms with Crippen molar-refractivity contribution in [1.29, 1.82) is 0 Å². The first-order valence-electron chi connectivity index (χ1n) is 5.48. The van der Waals surface area contributed by atoms with E-state index in [-0.39, 0.29) is 11.2 Å². The highest BCUT2D eigenvalue weighted by molar-refractivity contribution is 5.75. The lowest BCUT2D eigenvalue weighted by Gasteiger charge is -2.07. The molecule has 0 spiro atoms. The smallest absolute Gasteiger partial charge is 0.203 e. The summed E-state index contributed by atoms with van der Waals surface area (Å²) in [5, 5.41) is 7.02. The molecular formula is C13H10FN3O. The Morgan fingerprint density at radius 1 is 1.33 bits per heavy atom. The molecule has 4 nitrogen and oxygen atoms in total. The number of rotatable bonds is 2. The van der Waals surface area contributed by atoms with Gasteiger partial charge in [-0.25, -0.2) is 9.07 Å². The van der Waals surface area contributed by atoms with Crippen LogP contribution in [0.5, 0.6) is 0 Å². The third kappa shape index (κ3) is 1.90. The number of benzene rings is 1. The molecule has 1 aromatic heterocycles. The zero-order chi connectivity index (χ0) is 12.7. The predicted octanol–water partition coefficient (Wildman–Crippen LogP) is 1.58. The molecule has 0 bridgehead atoms. The van der Waals surface area contributed by atoms with Crippen molar-refractivity contribution in [1.82, 2.24) is 15.1 Å². The van der Waals surface area contributed by atoms with E-state index in [9.17, 15) is 9.18 Å². The van der Waals surface area contributed by atoms with Crippen molar-refractivity contribution in [3.8, 4) is 5.69 Å². The monoisotopic (exact) mass is 243 g/mol. The highest BCUT2D eigenvalue weighted by atomic mass is 19.1. The first-order chi connectivity index (χ1) is 8.63. The maximum atomic E-state index is 13.5. The fourth-order valence-electron chi connectivity index (χ4n) is 1.71. The molecule has 18 heavy (non-hydrogen) atoms. The number of aryl methyl sites for hydroxylation is 1. The first kappa shape index (κ1) is 10.7. The minimum absolute atomic E-state index is 0.130. The lowest BCUT2D eigenvalue weighted by atomic mass is 10.2. The maximum Gasteiger partial charge on any atom is 0.203 e. The molecule has 2 aromatic rings. The molecule has 0 saturated carbocycles. The first-order valence-corrected chi connectivity index (χ1v) is 5.48. The number of nitrogens with zero attached hydrogens (tertiary/aromatic N) is 2. The average Bonchev–Trinajstić information content (AvgIpc) is 3.16. The van der Waals surface area contributed by atoms with E-state index >= 15 is 0 Å². The zero-order valence-corrected chi connectivity index (χ0v) is 9.64. The summed E-state index contributed by atoms with van der Waals surface area (Å²) < 4.78 is 15.0. The molecule has 0 radical (unpaired) electrons. The second kappa shape index (κ2) is 3.80. The molecule has 1 aliphatic heterocycles. The summed E-state index contributed by atoms with van der Waals surface area (Å²) in [5.74, 6) is -0.338. The van der Waals surface area contributed by atoms with Gasteiger partial charge >= 0.3 is 0 Å². The fraction of sp³-hybridized carbons (Fsp3) is 0.0769. The Morgan fingerprint density at radius 2 is 2.11 bits per heavy atom. The summed E-state index contributed by atoms with van der Waals surface area (Å²) >= 11 is 0. The lowest BCUT2D eigenvalue weighted by molar-refractivity contribution is 0.624. The van der Waals surface area contributed by atoms with Crippen LogP contribution in [0.25, 0.3) is 11.4 Å². The van der Waals surface area contributed by atoms with Crippen molar-refractivity contribution < 1.29 is 4.39 Å². The van der Waals surface area contributed by atoms with E-state index < -0.39 is 0 Å². The van der Waals surface area contributed by atoms with Gasteiger partial charge in [0.2, 0.25) is 5.43 Å². The number of nitrogens with one attached hydrogen (secondary N) is 1. The minimum atomic E-state index is -0.338. The van der Waals surface area contributed by atoms with Crippen molar-refractivity contribution in [2.75, 3.05) is 0 Å². The van der Waals surface area contributed by atoms with E-state index in [4.69, 9.17) is 0 Å². The van der Waals surface area contributed by atoms with E-state index in [0.29, 0.717) is 11.4 Å². The average molecular weight is 243 g/mol. The second-order valence-corrected chi connectivity index (χ2v) is 4.11. The minimum Gasteiger partial charge on any atom is -0.358 e. The van der Waals surface area contributed by atoms with Gasteiger partial charge in [-0.15, -0.1) is 0 Å². The van der Waals surface area contributed by atoms with Crippen LogP contribution in [0.15, 0.2) is 41.5 Å². The summed E-state index contributed by atoms with van der Waals surface area (Å²) in [4.78, 5) is 11.3. The zero-order valence-electron chi connectivity index (χ0n) is 9.64. The Labute approximate surface area is 102 Å². The number of hydrogen-bond donors (Lipinski definition) is 1. The Balaban J connectivity index is 2.12. The lowest BCUT2D eigenvalue weighted by Crippen LogP contribution is -2.12. The van der Waals surface area contributed by atoms with E-state index in [1.807, 2.05) is 6.07 Å². The highest BCUT2D eigenvalue weighted by Gasteiger charge is 2.12. The molecule has 90 valence electrons. The van der Waals surface area contributed by atoms with Gasteiger partial charge < -0.3 is 5.32 Å². The van der Waals surface area contributed by atoms with Crippen molar-refractivity contribution in [3.63, 3.8) is 0 Å². The molecule has 1 aliphatic rings. The Hall–Kier alpha value is -2.43. The van der Waals surface area contributed by atoms with E-state index in [1.165, 1.54) is 29.1 Å². The molecule has 0 saturated heterocycles. The molecule has 1 aromatic carbocycles. The van der Waals surface area contributed by atoms with Crippen molar-refractivity contribution in [2.45, 2.75) is 6.92 Å². The van der Waals surface area contributed by atoms with Gasteiger partial charge in [0.05, 0.1) is 11.4 Å². The molecule has 2 heterocycles. The molecular weight excluding hydrogens is 233 g/mol. The molecule has 5 heteroatoms. The Bertz CT molecular complexity index is 718. The molecule has 0 unspecified atom stereocenters. The number of halogens is 1. The van der Waals surface area contributed by atoms with Crippen LogP contribution in [0.3, 0.4) is 0 Å². The largest absolute Gasteiger partial charge is 0.358 e. The third-order valence-corrected chi connectivity index (χ3v) is 2.73. The summed E-state index contributed by atoms with van der Waals surface area (Å²) in [5.41, 5.74) is 2.50. The van der Waals surface area contributed by atoms with Gasteiger partial charge in [0, 0.05) is 24.0 Å². The van der Waals surface area contributed by atoms with Crippen LogP contribution in [0, 0.1) is 12.7 Å². The van der Waals surface area contributed by atoms with E-state index in [1.54, 1.807) is 13.1 Å². The maximum absolute atomic E-state index is 13.5. The molecule has 0 fully saturated rings. The van der Waals surface area contributed by atoms with Gasteiger partial charge in [-0.1, -0.05) is 0 Å². The van der Waals surface area contributed by atoms with Crippen LogP contribution in [-0.2, 0) is 0 Å². The molecule has 0 atom stereocenters. The summed E-state index contributed by atoms with van der Waals surface area (Å²) in [7, 11) is 0. The van der Waals surface area contributed by atoms with E-state index in [0.717, 1.165) is 11.3 Å². The number of hydrogen-bond acceptors (Lipinski definition) is 3. The second-order valence-electron chi connectivity index (χ2n) is 4.11. The molecule has 0 aliphatic carbocycles. The van der Waals surface area contributed by atoms with Crippen LogP contribution in [0.2, 0.25) is 0 Å². The Kier molecular flexibility index (Phi) is 2.26. The van der Waals surface area contributed by atoms with E-state index in [2.05, 4.69) is 10.4 Å². The summed E-state index contributed by atoms with van der Waals surface area (Å²) in [6.45, 7) is 1.63. The van der Waals surface area contributed by atoms with Gasteiger partial charge in [0.15, 0.2) is 0 Å². The van der Waals surface area contributed by atoms with Gasteiger partial charge in [-0.05, 0) is 25.1 Å². The van der Waals surface area contributed by atoms with Gasteiger partial charge in [0.25, 0.3) is 0 Å².